The van der Waals surface area contributed by atoms with E-state index in [9.17, 15) is 8.42 Å². The largest absolute Gasteiger partial charge is 0.382 e. The minimum Gasteiger partial charge on any atom is -0.382 e. The summed E-state index contributed by atoms with van der Waals surface area (Å²) in [7, 11) is -0.290. The number of nitrogens with one attached hydrogen (secondary N) is 1. The van der Waals surface area contributed by atoms with Crippen molar-refractivity contribution in [2.75, 3.05) is 19.4 Å². The topological polar surface area (TPSA) is 49.4 Å². The molecule has 0 heterocycles. The van der Waals surface area contributed by atoms with E-state index >= 15 is 0 Å². The molecule has 0 radical (unpaired) electrons. The summed E-state index contributed by atoms with van der Waals surface area (Å²) in [6.07, 6.45) is 1.09. The molecule has 5 heteroatoms. The van der Waals surface area contributed by atoms with E-state index in [0.29, 0.717) is 16.9 Å². The van der Waals surface area contributed by atoms with Crippen LogP contribution in [0.15, 0.2) is 29.2 Å². The fraction of sp³-hybridized carbons (Fsp3) is 0.571. The van der Waals surface area contributed by atoms with E-state index in [1.165, 1.54) is 18.4 Å². The minimum atomic E-state index is -3.37. The Morgan fingerprint density at radius 1 is 1.26 bits per heavy atom. The zero-order valence-electron chi connectivity index (χ0n) is 12.3. The molecular weight excluding hydrogens is 260 g/mol. The van der Waals surface area contributed by atoms with Crippen LogP contribution in [-0.4, -0.2) is 32.9 Å². The zero-order valence-corrected chi connectivity index (χ0v) is 13.2. The van der Waals surface area contributed by atoms with Gasteiger partial charge in [-0.25, -0.2) is 12.7 Å². The average molecular weight is 284 g/mol. The van der Waals surface area contributed by atoms with Gasteiger partial charge in [0.15, 0.2) is 0 Å². The molecule has 108 valence electrons. The van der Waals surface area contributed by atoms with Gasteiger partial charge in [0.05, 0.1) is 4.90 Å². The highest BCUT2D eigenvalue weighted by Gasteiger charge is 2.18. The van der Waals surface area contributed by atoms with E-state index in [1.807, 2.05) is 6.07 Å². The van der Waals surface area contributed by atoms with Crippen molar-refractivity contribution in [2.45, 2.75) is 38.1 Å². The van der Waals surface area contributed by atoms with Gasteiger partial charge in [-0.15, -0.1) is 0 Å². The average Bonchev–Trinajstić information content (AvgIpc) is 2.37. The van der Waals surface area contributed by atoms with Gasteiger partial charge in [0.1, 0.15) is 0 Å². The Morgan fingerprint density at radius 2 is 1.89 bits per heavy atom. The fourth-order valence-electron chi connectivity index (χ4n) is 1.72. The number of benzene rings is 1. The number of rotatable bonds is 6. The monoisotopic (exact) mass is 284 g/mol. The second kappa shape index (κ2) is 6.39. The molecule has 1 aromatic carbocycles. The van der Waals surface area contributed by atoms with E-state index in [2.05, 4.69) is 26.1 Å². The third-order valence-corrected chi connectivity index (χ3v) is 5.32. The standard InChI is InChI=1S/C14H24N2O2S/c1-6-11(2)12(3)15-13-8-7-9-14(10-13)19(17,18)16(4)5/h7-12,15H,6H2,1-5H3. The van der Waals surface area contributed by atoms with Crippen molar-refractivity contribution in [2.24, 2.45) is 5.92 Å². The number of hydrogen-bond acceptors (Lipinski definition) is 3. The summed E-state index contributed by atoms with van der Waals surface area (Å²) < 4.78 is 25.3. The van der Waals surface area contributed by atoms with Crippen LogP contribution in [0.2, 0.25) is 0 Å². The van der Waals surface area contributed by atoms with E-state index in [0.717, 1.165) is 12.1 Å². The Morgan fingerprint density at radius 3 is 2.42 bits per heavy atom. The third-order valence-electron chi connectivity index (χ3n) is 3.50. The van der Waals surface area contributed by atoms with Crippen LogP contribution in [0.3, 0.4) is 0 Å². The Kier molecular flexibility index (Phi) is 5.38. The first-order chi connectivity index (χ1) is 8.78. The fourth-order valence-corrected chi connectivity index (χ4v) is 2.66. The van der Waals surface area contributed by atoms with E-state index in [-0.39, 0.29) is 0 Å². The van der Waals surface area contributed by atoms with Crippen LogP contribution in [0.25, 0.3) is 0 Å². The molecule has 2 unspecified atom stereocenters. The lowest BCUT2D eigenvalue weighted by Crippen LogP contribution is -2.24. The van der Waals surface area contributed by atoms with Gasteiger partial charge in [-0.05, 0) is 31.0 Å². The number of hydrogen-bond donors (Lipinski definition) is 1. The first-order valence-electron chi connectivity index (χ1n) is 6.58. The molecule has 0 saturated heterocycles. The van der Waals surface area contributed by atoms with Gasteiger partial charge in [-0.3, -0.25) is 0 Å². The van der Waals surface area contributed by atoms with Crippen LogP contribution in [0.4, 0.5) is 5.69 Å². The molecule has 0 spiro atoms. The van der Waals surface area contributed by atoms with Crippen molar-refractivity contribution < 1.29 is 8.42 Å². The van der Waals surface area contributed by atoms with Gasteiger partial charge in [0.25, 0.3) is 0 Å². The summed E-state index contributed by atoms with van der Waals surface area (Å²) in [4.78, 5) is 0.318. The molecule has 1 N–H and O–H groups in total. The zero-order chi connectivity index (χ0) is 14.6. The molecule has 1 rings (SSSR count). The molecule has 2 atom stereocenters. The molecule has 0 aromatic heterocycles. The number of anilines is 1. The van der Waals surface area contributed by atoms with Crippen LogP contribution in [0.5, 0.6) is 0 Å². The predicted octanol–water partition coefficient (Wildman–Crippen LogP) is 2.78. The molecule has 0 aliphatic heterocycles. The molecule has 4 nitrogen and oxygen atoms in total. The number of nitrogens with zero attached hydrogens (tertiary/aromatic N) is 1. The van der Waals surface area contributed by atoms with Crippen molar-refractivity contribution >= 4 is 15.7 Å². The Balaban J connectivity index is 2.96. The SMILES string of the molecule is CCC(C)C(C)Nc1cccc(S(=O)(=O)N(C)C)c1. The second-order valence-electron chi connectivity index (χ2n) is 5.13. The smallest absolute Gasteiger partial charge is 0.242 e. The molecule has 0 saturated carbocycles. The molecular formula is C14H24N2O2S. The van der Waals surface area contributed by atoms with E-state index in [1.54, 1.807) is 18.2 Å². The maximum absolute atomic E-state index is 12.1. The maximum atomic E-state index is 12.1. The van der Waals surface area contributed by atoms with E-state index in [4.69, 9.17) is 0 Å². The molecule has 0 fully saturated rings. The Bertz CT molecular complexity index is 512. The van der Waals surface area contributed by atoms with Crippen LogP contribution in [0, 0.1) is 5.92 Å². The summed E-state index contributed by atoms with van der Waals surface area (Å²) in [6.45, 7) is 6.44. The van der Waals surface area contributed by atoms with Crippen LogP contribution in [-0.2, 0) is 10.0 Å². The van der Waals surface area contributed by atoms with Crippen LogP contribution in [0.1, 0.15) is 27.2 Å². The predicted molar refractivity (Wildman–Crippen MR) is 79.9 cm³/mol. The van der Waals surface area contributed by atoms with Crippen molar-refractivity contribution in [1.29, 1.82) is 0 Å². The molecule has 0 aliphatic carbocycles. The molecule has 0 amide bonds. The lowest BCUT2D eigenvalue weighted by molar-refractivity contribution is 0.494. The summed E-state index contributed by atoms with van der Waals surface area (Å²) in [5.74, 6) is 0.536. The van der Waals surface area contributed by atoms with Crippen molar-refractivity contribution in [3.8, 4) is 0 Å². The quantitative estimate of drug-likeness (QED) is 0.874. The van der Waals surface area contributed by atoms with Crippen molar-refractivity contribution in [3.63, 3.8) is 0 Å². The van der Waals surface area contributed by atoms with Crippen LogP contribution < -0.4 is 5.32 Å². The summed E-state index contributed by atoms with van der Waals surface area (Å²) in [5.41, 5.74) is 0.843. The highest BCUT2D eigenvalue weighted by molar-refractivity contribution is 7.89. The lowest BCUT2D eigenvalue weighted by Gasteiger charge is -2.21. The lowest BCUT2D eigenvalue weighted by atomic mass is 10.0. The Labute approximate surface area is 116 Å². The Hall–Kier alpha value is -1.07. The second-order valence-corrected chi connectivity index (χ2v) is 7.29. The highest BCUT2D eigenvalue weighted by Crippen LogP contribution is 2.20. The summed E-state index contributed by atoms with van der Waals surface area (Å²) in [5, 5.41) is 3.36. The summed E-state index contributed by atoms with van der Waals surface area (Å²) >= 11 is 0. The summed E-state index contributed by atoms with van der Waals surface area (Å²) in [6, 6.07) is 7.28. The van der Waals surface area contributed by atoms with Crippen molar-refractivity contribution in [1.82, 2.24) is 4.31 Å². The van der Waals surface area contributed by atoms with Gasteiger partial charge >= 0.3 is 0 Å². The molecule has 19 heavy (non-hydrogen) atoms. The molecule has 0 aliphatic rings. The molecule has 1 aromatic rings. The maximum Gasteiger partial charge on any atom is 0.242 e. The third kappa shape index (κ3) is 3.94. The molecule has 0 bridgehead atoms. The van der Waals surface area contributed by atoms with Gasteiger partial charge < -0.3 is 5.32 Å². The van der Waals surface area contributed by atoms with Gasteiger partial charge in [-0.1, -0.05) is 26.3 Å². The van der Waals surface area contributed by atoms with Gasteiger partial charge in [-0.2, -0.15) is 0 Å². The highest BCUT2D eigenvalue weighted by atomic mass is 32.2. The number of sulfonamides is 1. The van der Waals surface area contributed by atoms with E-state index < -0.39 is 10.0 Å². The minimum absolute atomic E-state index is 0.308. The van der Waals surface area contributed by atoms with Crippen molar-refractivity contribution in [3.05, 3.63) is 24.3 Å². The first-order valence-corrected chi connectivity index (χ1v) is 8.02. The van der Waals surface area contributed by atoms with Gasteiger partial charge in [0.2, 0.25) is 10.0 Å². The first kappa shape index (κ1) is 16.0. The van der Waals surface area contributed by atoms with Gasteiger partial charge in [0, 0.05) is 25.8 Å². The van der Waals surface area contributed by atoms with Crippen LogP contribution >= 0.6 is 0 Å². The normalized spacial score (nSPS) is 15.3.